The Kier molecular flexibility index (Phi) is 5.60. The van der Waals surface area contributed by atoms with Gasteiger partial charge in [-0.05, 0) is 62.1 Å². The van der Waals surface area contributed by atoms with E-state index in [4.69, 9.17) is 4.52 Å². The van der Waals surface area contributed by atoms with E-state index in [-0.39, 0.29) is 12.5 Å². The molecule has 0 atom stereocenters. The SMILES string of the molecule is Cc1ccc(C(=O)NCc2nc(-c3ccc(N4CCC(C)CC4)cc3)no2)cc1. The van der Waals surface area contributed by atoms with Gasteiger partial charge in [0, 0.05) is 29.9 Å². The molecule has 3 aromatic rings. The topological polar surface area (TPSA) is 71.3 Å². The predicted octanol–water partition coefficient (Wildman–Crippen LogP) is 4.21. The van der Waals surface area contributed by atoms with Crippen LogP contribution in [0.25, 0.3) is 11.4 Å². The molecule has 6 heteroatoms. The second-order valence-corrected chi connectivity index (χ2v) is 7.78. The molecular formula is C23H26N4O2. The lowest BCUT2D eigenvalue weighted by atomic mass is 9.98. The average molecular weight is 390 g/mol. The summed E-state index contributed by atoms with van der Waals surface area (Å²) in [4.78, 5) is 19.0. The van der Waals surface area contributed by atoms with Gasteiger partial charge in [0.2, 0.25) is 11.7 Å². The molecule has 6 nitrogen and oxygen atoms in total. The first-order valence-electron chi connectivity index (χ1n) is 10.1. The van der Waals surface area contributed by atoms with Crippen molar-refractivity contribution >= 4 is 11.6 Å². The van der Waals surface area contributed by atoms with Crippen LogP contribution in [-0.4, -0.2) is 29.1 Å². The van der Waals surface area contributed by atoms with Crippen molar-refractivity contribution < 1.29 is 9.32 Å². The molecule has 0 bridgehead atoms. The number of benzene rings is 2. The fourth-order valence-electron chi connectivity index (χ4n) is 3.49. The van der Waals surface area contributed by atoms with E-state index < -0.39 is 0 Å². The van der Waals surface area contributed by atoms with Crippen molar-refractivity contribution in [2.24, 2.45) is 5.92 Å². The van der Waals surface area contributed by atoms with E-state index in [2.05, 4.69) is 39.4 Å². The number of carbonyl (C=O) groups is 1. The fourth-order valence-corrected chi connectivity index (χ4v) is 3.49. The van der Waals surface area contributed by atoms with Crippen LogP contribution in [0.4, 0.5) is 5.69 Å². The van der Waals surface area contributed by atoms with Crippen LogP contribution in [0.5, 0.6) is 0 Å². The van der Waals surface area contributed by atoms with Crippen molar-refractivity contribution in [1.82, 2.24) is 15.5 Å². The summed E-state index contributed by atoms with van der Waals surface area (Å²) in [6.45, 7) is 6.71. The maximum Gasteiger partial charge on any atom is 0.251 e. The van der Waals surface area contributed by atoms with E-state index in [0.717, 1.165) is 30.1 Å². The molecule has 1 N–H and O–H groups in total. The zero-order valence-electron chi connectivity index (χ0n) is 16.9. The van der Waals surface area contributed by atoms with Gasteiger partial charge in [-0.3, -0.25) is 4.79 Å². The Morgan fingerprint density at radius 2 is 1.79 bits per heavy atom. The number of nitrogens with one attached hydrogen (secondary N) is 1. The van der Waals surface area contributed by atoms with E-state index in [0.29, 0.717) is 17.3 Å². The Labute approximate surface area is 170 Å². The monoisotopic (exact) mass is 390 g/mol. The standard InChI is InChI=1S/C23H26N4O2/c1-16-3-5-19(6-4-16)23(28)24-15-21-25-22(26-29-21)18-7-9-20(10-8-18)27-13-11-17(2)12-14-27/h3-10,17H,11-15H2,1-2H3,(H,24,28). The van der Waals surface area contributed by atoms with E-state index in [9.17, 15) is 4.79 Å². The summed E-state index contributed by atoms with van der Waals surface area (Å²) in [6, 6.07) is 15.7. The third-order valence-electron chi connectivity index (χ3n) is 5.46. The highest BCUT2D eigenvalue weighted by atomic mass is 16.5. The zero-order chi connectivity index (χ0) is 20.2. The molecular weight excluding hydrogens is 364 g/mol. The minimum atomic E-state index is -0.162. The van der Waals surface area contributed by atoms with Crippen molar-refractivity contribution in [3.8, 4) is 11.4 Å². The molecule has 1 saturated heterocycles. The molecule has 0 unspecified atom stereocenters. The molecule has 150 valence electrons. The first kappa shape index (κ1) is 19.2. The highest BCUT2D eigenvalue weighted by Crippen LogP contribution is 2.25. The van der Waals surface area contributed by atoms with Crippen LogP contribution in [0.15, 0.2) is 53.1 Å². The molecule has 29 heavy (non-hydrogen) atoms. The second kappa shape index (κ2) is 8.47. The lowest BCUT2D eigenvalue weighted by Gasteiger charge is -2.32. The van der Waals surface area contributed by atoms with Crippen molar-refractivity contribution in [2.45, 2.75) is 33.2 Å². The smallest absolute Gasteiger partial charge is 0.251 e. The Bertz CT molecular complexity index is 955. The summed E-state index contributed by atoms with van der Waals surface area (Å²) < 4.78 is 5.30. The molecule has 0 aliphatic carbocycles. The third-order valence-corrected chi connectivity index (χ3v) is 5.46. The lowest BCUT2D eigenvalue weighted by molar-refractivity contribution is 0.0946. The minimum absolute atomic E-state index is 0.162. The van der Waals surface area contributed by atoms with Gasteiger partial charge in [0.05, 0.1) is 6.54 Å². The van der Waals surface area contributed by atoms with Crippen LogP contribution in [-0.2, 0) is 6.54 Å². The van der Waals surface area contributed by atoms with Gasteiger partial charge in [-0.2, -0.15) is 4.98 Å². The van der Waals surface area contributed by atoms with Crippen molar-refractivity contribution in [2.75, 3.05) is 18.0 Å². The molecule has 0 radical (unpaired) electrons. The van der Waals surface area contributed by atoms with Gasteiger partial charge >= 0.3 is 0 Å². The molecule has 0 spiro atoms. The molecule has 4 rings (SSSR count). The Balaban J connectivity index is 1.36. The number of rotatable bonds is 5. The number of nitrogens with zero attached hydrogens (tertiary/aromatic N) is 3. The minimum Gasteiger partial charge on any atom is -0.372 e. The summed E-state index contributed by atoms with van der Waals surface area (Å²) in [5.74, 6) is 1.57. The molecule has 2 aromatic carbocycles. The number of amides is 1. The summed E-state index contributed by atoms with van der Waals surface area (Å²) >= 11 is 0. The van der Waals surface area contributed by atoms with Gasteiger partial charge in [-0.15, -0.1) is 0 Å². The number of aromatic nitrogens is 2. The predicted molar refractivity (Wildman–Crippen MR) is 113 cm³/mol. The number of aryl methyl sites for hydroxylation is 1. The van der Waals surface area contributed by atoms with E-state index in [1.165, 1.54) is 18.5 Å². The largest absolute Gasteiger partial charge is 0.372 e. The molecule has 1 fully saturated rings. The van der Waals surface area contributed by atoms with Crippen LogP contribution < -0.4 is 10.2 Å². The number of piperidine rings is 1. The highest BCUT2D eigenvalue weighted by Gasteiger charge is 2.16. The molecule has 1 aliphatic heterocycles. The van der Waals surface area contributed by atoms with Crippen LogP contribution in [0.3, 0.4) is 0 Å². The van der Waals surface area contributed by atoms with Gasteiger partial charge in [0.25, 0.3) is 5.91 Å². The molecule has 1 amide bonds. The van der Waals surface area contributed by atoms with E-state index >= 15 is 0 Å². The van der Waals surface area contributed by atoms with E-state index in [1.54, 1.807) is 12.1 Å². The number of hydrogen-bond acceptors (Lipinski definition) is 5. The number of anilines is 1. The van der Waals surface area contributed by atoms with E-state index in [1.807, 2.05) is 31.2 Å². The van der Waals surface area contributed by atoms with Gasteiger partial charge in [0.15, 0.2) is 0 Å². The van der Waals surface area contributed by atoms with Crippen molar-refractivity contribution in [3.63, 3.8) is 0 Å². The summed E-state index contributed by atoms with van der Waals surface area (Å²) in [5, 5.41) is 6.86. The zero-order valence-corrected chi connectivity index (χ0v) is 16.9. The van der Waals surface area contributed by atoms with Gasteiger partial charge in [-0.25, -0.2) is 0 Å². The summed E-state index contributed by atoms with van der Waals surface area (Å²) in [6.07, 6.45) is 2.48. The Morgan fingerprint density at radius 3 is 2.48 bits per heavy atom. The van der Waals surface area contributed by atoms with Crippen LogP contribution in [0.2, 0.25) is 0 Å². The normalized spacial score (nSPS) is 14.8. The van der Waals surface area contributed by atoms with Gasteiger partial charge in [0.1, 0.15) is 0 Å². The van der Waals surface area contributed by atoms with Crippen molar-refractivity contribution in [3.05, 3.63) is 65.5 Å². The molecule has 1 aromatic heterocycles. The number of hydrogen-bond donors (Lipinski definition) is 1. The average Bonchev–Trinajstić information content (AvgIpc) is 3.22. The quantitative estimate of drug-likeness (QED) is 0.707. The summed E-state index contributed by atoms with van der Waals surface area (Å²) in [7, 11) is 0. The molecule has 2 heterocycles. The molecule has 1 aliphatic rings. The number of carbonyl (C=O) groups excluding carboxylic acids is 1. The second-order valence-electron chi connectivity index (χ2n) is 7.78. The third kappa shape index (κ3) is 4.65. The highest BCUT2D eigenvalue weighted by molar-refractivity contribution is 5.94. The lowest BCUT2D eigenvalue weighted by Crippen LogP contribution is -2.32. The Hall–Kier alpha value is -3.15. The first-order chi connectivity index (χ1) is 14.1. The van der Waals surface area contributed by atoms with Gasteiger partial charge < -0.3 is 14.7 Å². The van der Waals surface area contributed by atoms with Crippen LogP contribution >= 0.6 is 0 Å². The fraction of sp³-hybridized carbons (Fsp3) is 0.348. The van der Waals surface area contributed by atoms with Crippen LogP contribution in [0.1, 0.15) is 41.6 Å². The maximum atomic E-state index is 12.2. The van der Waals surface area contributed by atoms with Crippen molar-refractivity contribution in [1.29, 1.82) is 0 Å². The van der Waals surface area contributed by atoms with Crippen LogP contribution in [0, 0.1) is 12.8 Å². The first-order valence-corrected chi connectivity index (χ1v) is 10.1. The summed E-state index contributed by atoms with van der Waals surface area (Å²) in [5.41, 5.74) is 3.86. The Morgan fingerprint density at radius 1 is 1.10 bits per heavy atom. The van der Waals surface area contributed by atoms with Gasteiger partial charge in [-0.1, -0.05) is 29.8 Å². The molecule has 0 saturated carbocycles. The maximum absolute atomic E-state index is 12.2.